The second kappa shape index (κ2) is 13.4. The van der Waals surface area contributed by atoms with Gasteiger partial charge in [0.05, 0.1) is 30.8 Å². The van der Waals surface area contributed by atoms with E-state index in [4.69, 9.17) is 14.2 Å². The number of carbonyl (C=O) groups is 4. The fraction of sp³-hybridized carbons (Fsp3) is 0.647. The number of nitrogens with one attached hydrogen (secondary N) is 1. The van der Waals surface area contributed by atoms with Crippen LogP contribution < -0.4 is 19.9 Å². The first-order chi connectivity index (χ1) is 21.0. The van der Waals surface area contributed by atoms with Gasteiger partial charge in [-0.15, -0.1) is 0 Å². The molecule has 1 saturated carbocycles. The van der Waals surface area contributed by atoms with E-state index in [0.717, 1.165) is 19.3 Å². The predicted octanol–water partition coefficient (Wildman–Crippen LogP) is 4.68. The Morgan fingerprint density at radius 2 is 1.87 bits per heavy atom. The summed E-state index contributed by atoms with van der Waals surface area (Å²) < 4.78 is 17.3. The fourth-order valence-electron chi connectivity index (χ4n) is 5.76. The Bertz CT molecular complexity index is 1330. The third-order valence-electron chi connectivity index (χ3n) is 7.97. The molecular formula is C34H50N4O7. The van der Waals surface area contributed by atoms with E-state index in [0.29, 0.717) is 41.8 Å². The zero-order valence-electron chi connectivity index (χ0n) is 28.3. The van der Waals surface area contributed by atoms with Crippen LogP contribution in [-0.2, 0) is 23.9 Å². The number of carbonyl (C=O) groups excluding carboxylic acids is 4. The maximum atomic E-state index is 14.4. The van der Waals surface area contributed by atoms with Crippen LogP contribution in [0.25, 0.3) is 0 Å². The van der Waals surface area contributed by atoms with Crippen LogP contribution in [0.15, 0.2) is 29.8 Å². The number of hydrogen-bond donors (Lipinski definition) is 1. The molecule has 1 N–H and O–H groups in total. The number of fused-ring (bicyclic) bond motifs is 1. The molecule has 248 valence electrons. The van der Waals surface area contributed by atoms with Crippen molar-refractivity contribution >= 4 is 35.2 Å². The number of benzene rings is 1. The van der Waals surface area contributed by atoms with Gasteiger partial charge < -0.3 is 34.2 Å². The Morgan fingerprint density at radius 1 is 1.18 bits per heavy atom. The summed E-state index contributed by atoms with van der Waals surface area (Å²) in [6.07, 6.45) is 3.49. The predicted molar refractivity (Wildman–Crippen MR) is 172 cm³/mol. The summed E-state index contributed by atoms with van der Waals surface area (Å²) in [5, 5.41) is 3.08. The van der Waals surface area contributed by atoms with E-state index in [1.807, 2.05) is 13.0 Å². The van der Waals surface area contributed by atoms with Gasteiger partial charge in [0.1, 0.15) is 11.4 Å². The van der Waals surface area contributed by atoms with Gasteiger partial charge in [0.25, 0.3) is 5.91 Å². The van der Waals surface area contributed by atoms with Crippen LogP contribution in [0.4, 0.5) is 16.2 Å². The molecular weight excluding hydrogens is 576 g/mol. The second-order valence-corrected chi connectivity index (χ2v) is 14.2. The SMILES string of the molecule is CCOCC(CC(C)C)NC(=O)C1=C[C@@H](C(=O)N(c2ccc3c(c2)N(C)C(=O)C(C)(C)O3)C2CC2)CN(C(=O)OC(C)(C)C)C1. The maximum absolute atomic E-state index is 14.4. The molecule has 11 nitrogen and oxygen atoms in total. The highest BCUT2D eigenvalue weighted by Crippen LogP contribution is 2.42. The smallest absolute Gasteiger partial charge is 0.410 e. The highest BCUT2D eigenvalue weighted by molar-refractivity contribution is 6.04. The van der Waals surface area contributed by atoms with E-state index in [2.05, 4.69) is 19.2 Å². The van der Waals surface area contributed by atoms with Gasteiger partial charge in [-0.2, -0.15) is 0 Å². The molecule has 0 bridgehead atoms. The zero-order chi connectivity index (χ0) is 33.3. The van der Waals surface area contributed by atoms with Gasteiger partial charge in [-0.05, 0) is 84.9 Å². The molecule has 1 aliphatic carbocycles. The number of nitrogens with zero attached hydrogens (tertiary/aromatic N) is 3. The lowest BCUT2D eigenvalue weighted by atomic mass is 9.96. The molecule has 1 aromatic carbocycles. The molecule has 45 heavy (non-hydrogen) atoms. The van der Waals surface area contributed by atoms with Gasteiger partial charge in [0.15, 0.2) is 5.60 Å². The van der Waals surface area contributed by atoms with Crippen molar-refractivity contribution in [3.8, 4) is 5.75 Å². The molecule has 11 heteroatoms. The minimum absolute atomic E-state index is 0.0237. The largest absolute Gasteiger partial charge is 0.476 e. The molecule has 0 saturated heterocycles. The lowest BCUT2D eigenvalue weighted by Crippen LogP contribution is -2.51. The first-order valence-electron chi connectivity index (χ1n) is 16.0. The van der Waals surface area contributed by atoms with Crippen molar-refractivity contribution in [1.82, 2.24) is 10.2 Å². The average Bonchev–Trinajstić information content (AvgIpc) is 3.78. The van der Waals surface area contributed by atoms with E-state index in [-0.39, 0.29) is 42.9 Å². The van der Waals surface area contributed by atoms with Gasteiger partial charge in [-0.3, -0.25) is 14.4 Å². The van der Waals surface area contributed by atoms with Gasteiger partial charge in [0, 0.05) is 37.5 Å². The number of likely N-dealkylation sites (N-methyl/N-ethyl adjacent to an activating group) is 1. The lowest BCUT2D eigenvalue weighted by molar-refractivity contribution is -0.132. The van der Waals surface area contributed by atoms with Crippen molar-refractivity contribution in [3.63, 3.8) is 0 Å². The molecule has 3 aliphatic rings. The normalized spacial score (nSPS) is 20.2. The molecule has 0 spiro atoms. The minimum Gasteiger partial charge on any atom is -0.476 e. The van der Waals surface area contributed by atoms with Crippen LogP contribution >= 0.6 is 0 Å². The monoisotopic (exact) mass is 626 g/mol. The van der Waals surface area contributed by atoms with Gasteiger partial charge in [-0.1, -0.05) is 19.9 Å². The molecule has 2 heterocycles. The zero-order valence-corrected chi connectivity index (χ0v) is 28.3. The Kier molecular flexibility index (Phi) is 10.2. The molecule has 2 aliphatic heterocycles. The quantitative estimate of drug-likeness (QED) is 0.401. The second-order valence-electron chi connectivity index (χ2n) is 14.2. The fourth-order valence-corrected chi connectivity index (χ4v) is 5.76. The maximum Gasteiger partial charge on any atom is 0.410 e. The number of hydrogen-bond acceptors (Lipinski definition) is 7. The van der Waals surface area contributed by atoms with Gasteiger partial charge in [0.2, 0.25) is 11.8 Å². The molecule has 1 fully saturated rings. The van der Waals surface area contributed by atoms with Crippen molar-refractivity contribution < 1.29 is 33.4 Å². The standard InChI is InChI=1S/C34H50N4O7/c1-10-43-20-24(15-21(2)3)35-29(39)22-16-23(19-37(18-22)32(42)45-33(4,5)6)30(40)38(25-11-12-25)26-13-14-28-27(17-26)36(9)31(41)34(7,8)44-28/h13-14,16-17,21,23-25H,10-12,15,18-20H2,1-9H3,(H,35,39)/t23-,24?/m1/s1. The highest BCUT2D eigenvalue weighted by atomic mass is 16.6. The van der Waals surface area contributed by atoms with Crippen molar-refractivity contribution in [3.05, 3.63) is 29.8 Å². The lowest BCUT2D eigenvalue weighted by Gasteiger charge is -2.38. The summed E-state index contributed by atoms with van der Waals surface area (Å²) in [6.45, 7) is 15.9. The summed E-state index contributed by atoms with van der Waals surface area (Å²) in [5.74, 6) is -0.639. The summed E-state index contributed by atoms with van der Waals surface area (Å²) in [4.78, 5) is 58.9. The van der Waals surface area contributed by atoms with Crippen molar-refractivity contribution in [2.24, 2.45) is 11.8 Å². The molecule has 0 radical (unpaired) electrons. The van der Waals surface area contributed by atoms with Crippen LogP contribution in [0, 0.1) is 11.8 Å². The van der Waals surface area contributed by atoms with E-state index >= 15 is 0 Å². The van der Waals surface area contributed by atoms with Crippen LogP contribution in [0.5, 0.6) is 5.75 Å². The van der Waals surface area contributed by atoms with E-state index in [9.17, 15) is 19.2 Å². The van der Waals surface area contributed by atoms with Crippen molar-refractivity contribution in [1.29, 1.82) is 0 Å². The number of rotatable bonds is 10. The summed E-state index contributed by atoms with van der Waals surface area (Å²) in [5.41, 5.74) is -0.204. The third kappa shape index (κ3) is 8.36. The number of amides is 4. The minimum atomic E-state index is -0.999. The first kappa shape index (κ1) is 34.3. The summed E-state index contributed by atoms with van der Waals surface area (Å²) in [7, 11) is 1.70. The van der Waals surface area contributed by atoms with E-state index < -0.39 is 23.2 Å². The summed E-state index contributed by atoms with van der Waals surface area (Å²) in [6, 6.07) is 5.17. The third-order valence-corrected chi connectivity index (χ3v) is 7.97. The van der Waals surface area contributed by atoms with Crippen LogP contribution in [-0.4, -0.2) is 85.4 Å². The highest BCUT2D eigenvalue weighted by Gasteiger charge is 2.43. The topological polar surface area (TPSA) is 118 Å². The van der Waals surface area contributed by atoms with Crippen molar-refractivity contribution in [2.75, 3.05) is 43.2 Å². The van der Waals surface area contributed by atoms with Gasteiger partial charge in [-0.25, -0.2) is 4.79 Å². The molecule has 4 amide bonds. The molecule has 1 aromatic rings. The number of ether oxygens (including phenoxy) is 3. The Labute approximate surface area is 267 Å². The van der Waals surface area contributed by atoms with Gasteiger partial charge >= 0.3 is 6.09 Å². The van der Waals surface area contributed by atoms with Crippen molar-refractivity contribution in [2.45, 2.75) is 97.9 Å². The Morgan fingerprint density at radius 3 is 2.47 bits per heavy atom. The molecule has 4 rings (SSSR count). The number of anilines is 2. The van der Waals surface area contributed by atoms with E-state index in [1.165, 1.54) is 4.90 Å². The Balaban J connectivity index is 1.65. The van der Waals surface area contributed by atoms with Crippen LogP contribution in [0.2, 0.25) is 0 Å². The Hall–Kier alpha value is -3.60. The molecule has 2 atom stereocenters. The first-order valence-corrected chi connectivity index (χ1v) is 16.0. The molecule has 1 unspecified atom stereocenters. The van der Waals surface area contributed by atoms with Crippen LogP contribution in [0.1, 0.15) is 74.7 Å². The molecule has 0 aromatic heterocycles. The average molecular weight is 627 g/mol. The van der Waals surface area contributed by atoms with Crippen LogP contribution in [0.3, 0.4) is 0 Å². The summed E-state index contributed by atoms with van der Waals surface area (Å²) >= 11 is 0. The van der Waals surface area contributed by atoms with E-state index in [1.54, 1.807) is 69.7 Å².